The van der Waals surface area contributed by atoms with E-state index < -0.39 is 6.16 Å². The minimum atomic E-state index is -1.83. The van der Waals surface area contributed by atoms with E-state index in [1.807, 2.05) is 0 Å². The summed E-state index contributed by atoms with van der Waals surface area (Å²) in [6, 6.07) is 0. The van der Waals surface area contributed by atoms with E-state index in [2.05, 4.69) is 0 Å². The van der Waals surface area contributed by atoms with Crippen molar-refractivity contribution in [1.82, 2.24) is 0 Å². The average Bonchev–Trinajstić information content (AvgIpc) is 1.41. The van der Waals surface area contributed by atoms with Gasteiger partial charge in [-0.2, -0.15) is 0 Å². The Hall–Kier alpha value is 0.693. The van der Waals surface area contributed by atoms with E-state index in [-0.39, 0.29) is 49.2 Å². The molecule has 0 aromatic heterocycles. The first-order valence-corrected chi connectivity index (χ1v) is 2.15. The zero-order valence-corrected chi connectivity index (χ0v) is 8.89. The van der Waals surface area contributed by atoms with Crippen LogP contribution in [-0.4, -0.2) is 16.4 Å². The molecule has 0 rings (SSSR count). The predicted molar refractivity (Wildman–Crippen MR) is 12.5 cm³/mol. The Balaban J connectivity index is -0.0000000183. The molecule has 4 nitrogen and oxygen atoms in total. The summed E-state index contributed by atoms with van der Waals surface area (Å²) in [5, 5.41) is 13.9. The molecule has 0 bridgehead atoms. The van der Waals surface area contributed by atoms with Gasteiger partial charge in [0.15, 0.2) is 0 Å². The first-order chi connectivity index (χ1) is 2.73. The maximum absolute atomic E-state index is 8.56. The van der Waals surface area contributed by atoms with Gasteiger partial charge in [-0.05, 0) is 0 Å². The topological polar surface area (TPSA) is 74.6 Å². The van der Waals surface area contributed by atoms with Crippen LogP contribution in [0.15, 0.2) is 0 Å². The molecule has 0 saturated heterocycles. The molecule has 0 fully saturated rings. The number of carboxylic acid groups (broad SMARTS) is 2. The second kappa shape index (κ2) is 15.9. The van der Waals surface area contributed by atoms with Crippen LogP contribution in [0, 0.1) is 0 Å². The molecule has 0 spiro atoms. The van der Waals surface area contributed by atoms with Crippen LogP contribution in [-0.2, 0) is 21.8 Å². The maximum atomic E-state index is 8.56. The SMILES string of the molecule is O=C(O)O.[H-].[Na+].[O]=[Zn]. The minimum absolute atomic E-state index is 0. The summed E-state index contributed by atoms with van der Waals surface area (Å²) in [7, 11) is 0. The Morgan fingerprint density at radius 2 is 1.43 bits per heavy atom. The van der Waals surface area contributed by atoms with Crippen LogP contribution in [0.4, 0.5) is 4.79 Å². The van der Waals surface area contributed by atoms with Crippen LogP contribution >= 0.6 is 0 Å². The molecule has 0 unspecified atom stereocenters. The Kier molecular flexibility index (Phi) is 35.6. The fraction of sp³-hybridized carbons (Fsp3) is 0. The zero-order valence-electron chi connectivity index (χ0n) is 4.92. The molecule has 0 amide bonds. The fourth-order valence-corrected chi connectivity index (χ4v) is 0. The molecule has 0 atom stereocenters. The van der Waals surface area contributed by atoms with Crippen molar-refractivity contribution in [3.63, 3.8) is 0 Å². The summed E-state index contributed by atoms with van der Waals surface area (Å²) >= 11 is 0.125. The zero-order chi connectivity index (χ0) is 5.58. The van der Waals surface area contributed by atoms with Crippen molar-refractivity contribution in [2.45, 2.75) is 0 Å². The standard InChI is InChI=1S/CH2O3.Na.O.Zn.H/c2-1(3)4;;;;/h(H2,2,3,4);;;;/q;+1;;;-1. The van der Waals surface area contributed by atoms with E-state index in [0.29, 0.717) is 0 Å². The second-order valence-corrected chi connectivity index (χ2v) is 0.283. The van der Waals surface area contributed by atoms with E-state index in [1.165, 1.54) is 0 Å². The summed E-state index contributed by atoms with van der Waals surface area (Å²) in [4.78, 5) is 8.56. The molecule has 0 heterocycles. The van der Waals surface area contributed by atoms with E-state index in [4.69, 9.17) is 18.6 Å². The number of rotatable bonds is 0. The second-order valence-electron chi connectivity index (χ2n) is 0.283. The third kappa shape index (κ3) is 307. The molecular weight excluding hydrogens is 164 g/mol. The average molecular weight is 167 g/mol. The van der Waals surface area contributed by atoms with Gasteiger partial charge in [-0.15, -0.1) is 0 Å². The molecule has 0 radical (unpaired) electrons. The molecule has 0 aliphatic rings. The molecule has 0 aliphatic heterocycles. The van der Waals surface area contributed by atoms with Crippen LogP contribution in [0.3, 0.4) is 0 Å². The van der Waals surface area contributed by atoms with E-state index in [9.17, 15) is 0 Å². The van der Waals surface area contributed by atoms with Crippen LogP contribution < -0.4 is 29.6 Å². The van der Waals surface area contributed by atoms with E-state index in [1.54, 1.807) is 0 Å². The van der Waals surface area contributed by atoms with Crippen LogP contribution in [0.5, 0.6) is 0 Å². The number of hydrogen-bond acceptors (Lipinski definition) is 2. The number of hydrogen-bond donors (Lipinski definition) is 2. The third-order valence-corrected chi connectivity index (χ3v) is 0. The van der Waals surface area contributed by atoms with Gasteiger partial charge in [-0.1, -0.05) is 0 Å². The van der Waals surface area contributed by atoms with Gasteiger partial charge in [-0.25, -0.2) is 4.79 Å². The normalized spacial score (nSPS) is 4.29. The van der Waals surface area contributed by atoms with Crippen molar-refractivity contribution < 1.29 is 67.8 Å². The molecule has 6 heteroatoms. The number of carbonyl (C=O) groups is 1. The molecular formula is CH3NaO4Zn. The van der Waals surface area contributed by atoms with Gasteiger partial charge in [0.1, 0.15) is 0 Å². The van der Waals surface area contributed by atoms with E-state index >= 15 is 0 Å². The first-order valence-electron chi connectivity index (χ1n) is 0.940. The van der Waals surface area contributed by atoms with Gasteiger partial charge in [0.05, 0.1) is 0 Å². The van der Waals surface area contributed by atoms with Crippen molar-refractivity contribution in [3.05, 3.63) is 0 Å². The van der Waals surface area contributed by atoms with Crippen molar-refractivity contribution in [3.8, 4) is 0 Å². The van der Waals surface area contributed by atoms with Gasteiger partial charge in [-0.3, -0.25) is 0 Å². The molecule has 0 aliphatic carbocycles. The summed E-state index contributed by atoms with van der Waals surface area (Å²) in [5.41, 5.74) is 0. The van der Waals surface area contributed by atoms with Crippen LogP contribution in [0.25, 0.3) is 0 Å². The van der Waals surface area contributed by atoms with Gasteiger partial charge < -0.3 is 11.6 Å². The van der Waals surface area contributed by atoms with Crippen LogP contribution in [0.2, 0.25) is 0 Å². The van der Waals surface area contributed by atoms with Crippen molar-refractivity contribution in [1.29, 1.82) is 0 Å². The quantitative estimate of drug-likeness (QED) is 0.383. The molecule has 2 N–H and O–H groups in total. The Morgan fingerprint density at radius 1 is 1.43 bits per heavy atom. The van der Waals surface area contributed by atoms with Crippen LogP contribution in [0.1, 0.15) is 1.43 Å². The predicted octanol–water partition coefficient (Wildman–Crippen LogP) is -2.78. The Bertz CT molecular complexity index is 47.3. The van der Waals surface area contributed by atoms with Crippen molar-refractivity contribution >= 4 is 6.16 Å². The molecule has 0 aromatic carbocycles. The Morgan fingerprint density at radius 3 is 1.43 bits per heavy atom. The van der Waals surface area contributed by atoms with Gasteiger partial charge >= 0.3 is 57.5 Å². The van der Waals surface area contributed by atoms with Gasteiger partial charge in [0, 0.05) is 0 Å². The van der Waals surface area contributed by atoms with Crippen molar-refractivity contribution in [2.75, 3.05) is 0 Å². The summed E-state index contributed by atoms with van der Waals surface area (Å²) in [5.74, 6) is 0. The summed E-state index contributed by atoms with van der Waals surface area (Å²) in [6.07, 6.45) is -1.83. The first kappa shape index (κ1) is 15.6. The summed E-state index contributed by atoms with van der Waals surface area (Å²) in [6.45, 7) is 0. The fourth-order valence-electron chi connectivity index (χ4n) is 0. The molecule has 7 heavy (non-hydrogen) atoms. The van der Waals surface area contributed by atoms with Crippen molar-refractivity contribution in [2.24, 2.45) is 0 Å². The Labute approximate surface area is 73.6 Å². The molecule has 34 valence electrons. The van der Waals surface area contributed by atoms with Gasteiger partial charge in [0.25, 0.3) is 0 Å². The van der Waals surface area contributed by atoms with Gasteiger partial charge in [0.2, 0.25) is 0 Å². The van der Waals surface area contributed by atoms with E-state index in [0.717, 1.165) is 0 Å². The summed E-state index contributed by atoms with van der Waals surface area (Å²) < 4.78 is 8.38. The third-order valence-electron chi connectivity index (χ3n) is 0. The molecule has 0 saturated carbocycles. The monoisotopic (exact) mass is 166 g/mol. The molecule has 0 aromatic rings.